The van der Waals surface area contributed by atoms with Gasteiger partial charge in [0.25, 0.3) is 0 Å². The van der Waals surface area contributed by atoms with E-state index in [-0.39, 0.29) is 10.8 Å². The lowest BCUT2D eigenvalue weighted by Crippen LogP contribution is -2.45. The van der Waals surface area contributed by atoms with Gasteiger partial charge in [-0.3, -0.25) is 4.90 Å². The van der Waals surface area contributed by atoms with Crippen LogP contribution in [0.3, 0.4) is 0 Å². The zero-order chi connectivity index (χ0) is 23.5. The van der Waals surface area contributed by atoms with Crippen molar-refractivity contribution in [2.45, 2.75) is 31.2 Å². The van der Waals surface area contributed by atoms with Gasteiger partial charge in [-0.15, -0.1) is 0 Å². The van der Waals surface area contributed by atoms with Crippen molar-refractivity contribution in [2.75, 3.05) is 15.5 Å². The zero-order valence-electron chi connectivity index (χ0n) is 17.8. The molecular weight excluding hydrogens is 432 g/mol. The predicted molar refractivity (Wildman–Crippen MR) is 123 cm³/mol. The summed E-state index contributed by atoms with van der Waals surface area (Å²) in [7, 11) is -3.82. The van der Waals surface area contributed by atoms with Crippen LogP contribution in [-0.4, -0.2) is 35.1 Å². The summed E-state index contributed by atoms with van der Waals surface area (Å²) in [6.07, 6.45) is 0.512. The normalized spacial score (nSPS) is 11.6. The second-order valence-electron chi connectivity index (χ2n) is 7.92. The number of benzene rings is 2. The molecule has 2 aromatic carbocycles. The molecule has 5 N–H and O–H groups in total. The number of anilines is 5. The summed E-state index contributed by atoms with van der Waals surface area (Å²) in [6.45, 7) is 5.46. The highest BCUT2D eigenvalue weighted by Gasteiger charge is 2.27. The molecule has 168 valence electrons. The van der Waals surface area contributed by atoms with Gasteiger partial charge < -0.3 is 15.7 Å². The van der Waals surface area contributed by atoms with E-state index < -0.39 is 21.7 Å². The number of carboxylic acid groups (broad SMARTS) is 1. The number of nitrogens with zero attached hydrogens (tertiary/aromatic N) is 3. The van der Waals surface area contributed by atoms with Crippen LogP contribution in [0, 0.1) is 0 Å². The van der Waals surface area contributed by atoms with E-state index in [2.05, 4.69) is 20.6 Å². The minimum absolute atomic E-state index is 0.0254. The van der Waals surface area contributed by atoms with Gasteiger partial charge >= 0.3 is 6.09 Å². The van der Waals surface area contributed by atoms with Crippen molar-refractivity contribution >= 4 is 44.9 Å². The first-order valence-corrected chi connectivity index (χ1v) is 11.1. The summed E-state index contributed by atoms with van der Waals surface area (Å²) in [4.78, 5) is 21.4. The van der Waals surface area contributed by atoms with Crippen LogP contribution in [0.5, 0.6) is 0 Å². The monoisotopic (exact) mass is 456 g/mol. The van der Waals surface area contributed by atoms with Crippen LogP contribution in [-0.2, 0) is 10.0 Å². The Morgan fingerprint density at radius 1 is 1.03 bits per heavy atom. The van der Waals surface area contributed by atoms with Crippen molar-refractivity contribution in [2.24, 2.45) is 5.14 Å². The number of hydrogen-bond donors (Lipinski definition) is 4. The lowest BCUT2D eigenvalue weighted by atomic mass is 10.1. The smallest absolute Gasteiger partial charge is 0.412 e. The fourth-order valence-corrected chi connectivity index (χ4v) is 3.55. The van der Waals surface area contributed by atoms with Gasteiger partial charge in [0.15, 0.2) is 0 Å². The van der Waals surface area contributed by atoms with Gasteiger partial charge in [0.2, 0.25) is 16.0 Å². The fraction of sp³-hybridized carbons (Fsp3) is 0.190. The molecular formula is C21H24N6O4S. The highest BCUT2D eigenvalue weighted by atomic mass is 32.2. The summed E-state index contributed by atoms with van der Waals surface area (Å²) >= 11 is 0. The third-order valence-electron chi connectivity index (χ3n) is 4.33. The molecule has 3 aromatic rings. The molecule has 1 amide bonds. The molecule has 32 heavy (non-hydrogen) atoms. The molecule has 0 saturated carbocycles. The van der Waals surface area contributed by atoms with Crippen molar-refractivity contribution in [3.63, 3.8) is 0 Å². The van der Waals surface area contributed by atoms with E-state index in [0.717, 1.165) is 0 Å². The molecule has 0 atom stereocenters. The summed E-state index contributed by atoms with van der Waals surface area (Å²) in [5.41, 5.74) is 1.13. The largest absolute Gasteiger partial charge is 0.465 e. The third-order valence-corrected chi connectivity index (χ3v) is 5.25. The summed E-state index contributed by atoms with van der Waals surface area (Å²) in [5, 5.41) is 20.8. The first-order valence-electron chi connectivity index (χ1n) is 9.57. The Morgan fingerprint density at radius 3 is 2.31 bits per heavy atom. The van der Waals surface area contributed by atoms with Crippen molar-refractivity contribution in [1.29, 1.82) is 0 Å². The number of sulfonamides is 1. The molecule has 10 nitrogen and oxygen atoms in total. The average molecular weight is 457 g/mol. The lowest BCUT2D eigenvalue weighted by Gasteiger charge is -2.33. The van der Waals surface area contributed by atoms with Crippen LogP contribution in [0.15, 0.2) is 65.7 Å². The maximum Gasteiger partial charge on any atom is 0.412 e. The van der Waals surface area contributed by atoms with Crippen molar-refractivity contribution in [1.82, 2.24) is 9.97 Å². The van der Waals surface area contributed by atoms with Crippen LogP contribution in [0.25, 0.3) is 0 Å². The summed E-state index contributed by atoms with van der Waals surface area (Å²) in [5.74, 6) is 0.742. The Kier molecular flexibility index (Phi) is 6.32. The second kappa shape index (κ2) is 8.81. The Bertz CT molecular complexity index is 1220. The molecule has 1 aromatic heterocycles. The minimum Gasteiger partial charge on any atom is -0.465 e. The highest BCUT2D eigenvalue weighted by molar-refractivity contribution is 7.89. The van der Waals surface area contributed by atoms with Crippen LogP contribution in [0.2, 0.25) is 0 Å². The van der Waals surface area contributed by atoms with E-state index >= 15 is 0 Å². The molecule has 0 aliphatic carbocycles. The number of primary sulfonamides is 1. The molecule has 0 radical (unpaired) electrons. The fourth-order valence-electron chi connectivity index (χ4n) is 2.99. The Morgan fingerprint density at radius 2 is 1.72 bits per heavy atom. The van der Waals surface area contributed by atoms with Gasteiger partial charge in [-0.25, -0.2) is 23.3 Å². The van der Waals surface area contributed by atoms with Crippen LogP contribution in [0.1, 0.15) is 20.8 Å². The first-order chi connectivity index (χ1) is 14.9. The maximum absolute atomic E-state index is 11.6. The summed E-state index contributed by atoms with van der Waals surface area (Å²) < 4.78 is 23.1. The van der Waals surface area contributed by atoms with Crippen LogP contribution >= 0.6 is 0 Å². The molecule has 0 aliphatic heterocycles. The molecule has 0 bridgehead atoms. The van der Waals surface area contributed by atoms with Gasteiger partial charge in [0.05, 0.1) is 4.90 Å². The highest BCUT2D eigenvalue weighted by Crippen LogP contribution is 2.26. The molecule has 3 rings (SSSR count). The first kappa shape index (κ1) is 23.0. The SMILES string of the molecule is CC(C)(C)N(C(=O)O)c1ccc(Nc2ccnc(Nc3cccc(S(N)(=O)=O)c3)n2)cc1. The molecule has 0 aliphatic rings. The van der Waals surface area contributed by atoms with Gasteiger partial charge in [0.1, 0.15) is 5.82 Å². The van der Waals surface area contributed by atoms with Gasteiger partial charge in [-0.1, -0.05) is 6.07 Å². The maximum atomic E-state index is 11.6. The van der Waals surface area contributed by atoms with Crippen LogP contribution < -0.4 is 20.7 Å². The van der Waals surface area contributed by atoms with Crippen LogP contribution in [0.4, 0.5) is 33.6 Å². The molecule has 11 heteroatoms. The molecule has 0 unspecified atom stereocenters. The number of carbonyl (C=O) groups is 1. The number of rotatable bonds is 6. The quantitative estimate of drug-likeness (QED) is 0.436. The van der Waals surface area contributed by atoms with Crippen molar-refractivity contribution in [3.8, 4) is 0 Å². The number of aromatic nitrogens is 2. The van der Waals surface area contributed by atoms with E-state index in [1.807, 2.05) is 20.8 Å². The number of nitrogens with one attached hydrogen (secondary N) is 2. The van der Waals surface area contributed by atoms with E-state index in [9.17, 15) is 18.3 Å². The van der Waals surface area contributed by atoms with Crippen molar-refractivity contribution in [3.05, 3.63) is 60.8 Å². The Hall–Kier alpha value is -3.70. The minimum atomic E-state index is -3.82. The number of nitrogens with two attached hydrogens (primary N) is 1. The third kappa shape index (κ3) is 5.71. The number of hydrogen-bond acceptors (Lipinski definition) is 7. The standard InChI is InChI=1S/C21H24N6O4S/c1-21(2,3)27(20(28)29)16-9-7-14(8-10-16)24-18-11-12-23-19(26-18)25-15-5-4-6-17(13-15)32(22,30)31/h4-13H,1-3H3,(H,28,29)(H2,22,30,31)(H2,23,24,25,26). The second-order valence-corrected chi connectivity index (χ2v) is 9.49. The Labute approximate surface area is 186 Å². The summed E-state index contributed by atoms with van der Waals surface area (Å²) in [6, 6.07) is 14.6. The molecule has 1 heterocycles. The van der Waals surface area contributed by atoms with Crippen molar-refractivity contribution < 1.29 is 18.3 Å². The zero-order valence-corrected chi connectivity index (χ0v) is 18.6. The number of amides is 1. The molecule has 0 spiro atoms. The Balaban J connectivity index is 1.76. The topological polar surface area (TPSA) is 151 Å². The van der Waals surface area contributed by atoms with E-state index in [1.54, 1.807) is 48.7 Å². The molecule has 0 saturated heterocycles. The van der Waals surface area contributed by atoms with Gasteiger partial charge in [-0.05, 0) is 69.3 Å². The molecule has 0 fully saturated rings. The predicted octanol–water partition coefficient (Wildman–Crippen LogP) is 3.89. The lowest BCUT2D eigenvalue weighted by molar-refractivity contribution is 0.195. The van der Waals surface area contributed by atoms with E-state index in [0.29, 0.717) is 22.9 Å². The van der Waals surface area contributed by atoms with E-state index in [4.69, 9.17) is 5.14 Å². The van der Waals surface area contributed by atoms with E-state index in [1.165, 1.54) is 17.0 Å². The average Bonchev–Trinajstić information content (AvgIpc) is 2.68. The van der Waals surface area contributed by atoms with Gasteiger partial charge in [0, 0.05) is 28.8 Å². The van der Waals surface area contributed by atoms with Gasteiger partial charge in [-0.2, -0.15) is 4.98 Å².